The summed E-state index contributed by atoms with van der Waals surface area (Å²) in [5, 5.41) is 2.94. The Morgan fingerprint density at radius 1 is 0.438 bits per heavy atom. The minimum atomic E-state index is -1.31. The molecule has 0 unspecified atom stereocenters. The van der Waals surface area contributed by atoms with Crippen LogP contribution in [0.5, 0.6) is 34.5 Å². The number of anilines is 2. The van der Waals surface area contributed by atoms with Gasteiger partial charge in [-0.3, -0.25) is 38.8 Å². The van der Waals surface area contributed by atoms with Crippen LogP contribution < -0.4 is 38.2 Å². The van der Waals surface area contributed by atoms with Crippen molar-refractivity contribution < 1.29 is 61.9 Å². The summed E-state index contributed by atoms with van der Waals surface area (Å²) >= 11 is 10.4. The van der Waals surface area contributed by atoms with Gasteiger partial charge in [0, 0.05) is 101 Å². The molecule has 24 heteroatoms. The van der Waals surface area contributed by atoms with Crippen molar-refractivity contribution in [2.24, 2.45) is 4.99 Å². The zero-order valence-electron chi connectivity index (χ0n) is 63.2. The van der Waals surface area contributed by atoms with E-state index in [4.69, 9.17) is 37.9 Å². The Morgan fingerprint density at radius 2 is 0.829 bits per heavy atom. The van der Waals surface area contributed by atoms with Crippen LogP contribution in [0, 0.1) is 13.8 Å². The van der Waals surface area contributed by atoms with E-state index in [1.165, 1.54) is 5.56 Å². The summed E-state index contributed by atoms with van der Waals surface area (Å²) in [4.78, 5) is 81.4. The molecule has 0 aliphatic carbocycles. The summed E-state index contributed by atoms with van der Waals surface area (Å²) in [5.74, 6) is 2.38. The van der Waals surface area contributed by atoms with Gasteiger partial charge >= 0.3 is 0 Å². The largest absolute Gasteiger partial charge is 0.493 e. The molecule has 0 saturated carbocycles. The highest BCUT2D eigenvalue weighted by molar-refractivity contribution is 9.09. The van der Waals surface area contributed by atoms with Crippen LogP contribution in [-0.4, -0.2) is 169 Å². The summed E-state index contributed by atoms with van der Waals surface area (Å²) in [6.45, 7) is 22.8. The second-order valence-corrected chi connectivity index (χ2v) is 43.3. The molecule has 0 saturated heterocycles. The van der Waals surface area contributed by atoms with Crippen LogP contribution in [0.15, 0.2) is 114 Å². The predicted molar refractivity (Wildman–Crippen MR) is 435 cm³/mol. The molecule has 0 N–H and O–H groups in total. The average molecular weight is 1670 g/mol. The third-order valence-electron chi connectivity index (χ3n) is 19.0. The maximum atomic E-state index is 14.1. The number of hydrogen-bond acceptors (Lipinski definition) is 14. The molecule has 5 amide bonds. The van der Waals surface area contributed by atoms with E-state index >= 15 is 0 Å². The van der Waals surface area contributed by atoms with Gasteiger partial charge in [-0.2, -0.15) is 0 Å². The highest BCUT2D eigenvalue weighted by atomic mass is 79.9. The molecule has 0 spiro atoms. The van der Waals surface area contributed by atoms with E-state index in [2.05, 4.69) is 123 Å². The van der Waals surface area contributed by atoms with Gasteiger partial charge < -0.3 is 52.6 Å². The first kappa shape index (κ1) is 82.0. The zero-order chi connectivity index (χ0) is 75.5. The van der Waals surface area contributed by atoms with Crippen LogP contribution in [0.25, 0.3) is 11.1 Å². The van der Waals surface area contributed by atoms with Crippen molar-refractivity contribution >= 4 is 128 Å². The van der Waals surface area contributed by atoms with Gasteiger partial charge in [0.15, 0.2) is 34.5 Å². The Hall–Kier alpha value is -7.07. The highest BCUT2D eigenvalue weighted by Crippen LogP contribution is 2.45. The SMILES string of the molecule is COc1cc2c(cc1OCCCCCBr)N(COCC[Si](C)(C)C)C(=O)[C@@H]1CC(C)=CN1C2=O.COc1cc2c(cc1OCCCCCBr)N(COCC[Si](C)(C)C)C(=O)[C@@H]1CC(c3ccc(C)cc3)=CN1C2=O.COc1cc2c(cc1OCCCCCBr)N=C[C@@H]1CC(c3ccc(C)cc3)=CN1C2=O. The van der Waals surface area contributed by atoms with Crippen molar-refractivity contribution in [3.63, 3.8) is 0 Å². The standard InChI is InChI=1S/C31H41BrN2O5Si.C25H37BrN2O5Si.C25H27BrN2O3/c1-22-9-11-23(12-10-22)24-17-27-31(36)34(21-38-15-16-40(3,4)5)26-19-29(39-14-8-6-7-13-32)28(37-2)18-25(26)30(35)33(27)20-24;1-18-13-21-25(30)28(17-32-11-12-34(3,4)5)20-15-23(33-10-8-6-7-9-26)22(31-2)14-19(20)24(29)27(21)16-18;1-17-6-8-18(9-7-17)19-12-20-15-27-22-14-24(31-11-5-3-4-10-26)23(30-2)13-21(22)25(29)28(20)16-19/h9-12,18-20,27H,6-8,13-17,21H2,1-5H3;14-16,21H,6-13,17H2,1-5H3;6-9,13-16,20H,3-5,10-12H2,1-2H3/t27-;21-;20-/m000/s1. The number of aliphatic imine (C=N–C) groups is 1. The smallest absolute Gasteiger partial charge is 0.260 e. The zero-order valence-corrected chi connectivity index (χ0v) is 70.0. The van der Waals surface area contributed by atoms with Gasteiger partial charge in [0.05, 0.1) is 80.9 Å². The van der Waals surface area contributed by atoms with Crippen molar-refractivity contribution in [1.29, 1.82) is 0 Å². The van der Waals surface area contributed by atoms with E-state index in [1.54, 1.807) is 82.4 Å². The van der Waals surface area contributed by atoms with Crippen LogP contribution in [0.4, 0.5) is 17.1 Å². The molecule has 19 nitrogen and oxygen atoms in total. The minimum Gasteiger partial charge on any atom is -0.493 e. The lowest BCUT2D eigenvalue weighted by molar-refractivity contribution is -0.123. The van der Waals surface area contributed by atoms with Crippen LogP contribution in [0.2, 0.25) is 51.4 Å². The molecule has 3 atom stereocenters. The Balaban J connectivity index is 0.000000184. The summed E-state index contributed by atoms with van der Waals surface area (Å²) in [7, 11) is 2.14. The number of carbonyl (C=O) groups excluding carboxylic acids is 5. The lowest BCUT2D eigenvalue weighted by Gasteiger charge is -2.26. The molecule has 0 bridgehead atoms. The number of fused-ring (bicyclic) bond motifs is 6. The van der Waals surface area contributed by atoms with Gasteiger partial charge in [0.25, 0.3) is 29.5 Å². The fourth-order valence-electron chi connectivity index (χ4n) is 12.8. The van der Waals surface area contributed by atoms with E-state index in [-0.39, 0.29) is 49.0 Å². The Morgan fingerprint density at radius 3 is 1.26 bits per heavy atom. The number of ether oxygens (including phenoxy) is 8. The third-order valence-corrected chi connectivity index (χ3v) is 24.1. The molecule has 566 valence electrons. The van der Waals surface area contributed by atoms with Crippen molar-refractivity contribution in [3.05, 3.63) is 148 Å². The van der Waals surface area contributed by atoms with E-state index in [1.807, 2.05) is 62.8 Å². The number of halogens is 3. The van der Waals surface area contributed by atoms with Gasteiger partial charge in [0.2, 0.25) is 0 Å². The van der Waals surface area contributed by atoms with Crippen LogP contribution in [-0.2, 0) is 19.1 Å². The van der Waals surface area contributed by atoms with E-state index < -0.39 is 28.2 Å². The number of unbranched alkanes of at least 4 members (excludes halogenated alkanes) is 6. The van der Waals surface area contributed by atoms with Crippen LogP contribution >= 0.6 is 47.8 Å². The molecule has 6 heterocycles. The third kappa shape index (κ3) is 21.6. The Kier molecular flexibility index (Phi) is 30.2. The van der Waals surface area contributed by atoms with Crippen LogP contribution in [0.3, 0.4) is 0 Å². The first-order valence-corrected chi connectivity index (χ1v) is 47.4. The molecule has 6 aliphatic rings. The van der Waals surface area contributed by atoms with Crippen molar-refractivity contribution in [2.75, 3.05) is 93.6 Å². The van der Waals surface area contributed by atoms with Gasteiger partial charge in [-0.15, -0.1) is 0 Å². The lowest BCUT2D eigenvalue weighted by Crippen LogP contribution is -2.45. The molecule has 11 rings (SSSR count). The number of aryl methyl sites for hydroxylation is 2. The van der Waals surface area contributed by atoms with Crippen LogP contribution in [0.1, 0.15) is 137 Å². The molecule has 105 heavy (non-hydrogen) atoms. The number of benzene rings is 5. The van der Waals surface area contributed by atoms with Crippen molar-refractivity contribution in [1.82, 2.24) is 14.7 Å². The Labute approximate surface area is 648 Å². The molecule has 6 aliphatic heterocycles. The number of rotatable bonds is 33. The highest BCUT2D eigenvalue weighted by Gasteiger charge is 2.45. The number of carbonyl (C=O) groups is 5. The molecule has 5 aromatic carbocycles. The van der Waals surface area contributed by atoms with Gasteiger partial charge in [0.1, 0.15) is 25.5 Å². The second kappa shape index (κ2) is 38.6. The fourth-order valence-corrected chi connectivity index (χ4v) is 15.5. The van der Waals surface area contributed by atoms with Gasteiger partial charge in [-0.05, 0) is 138 Å². The number of nitrogens with zero attached hydrogens (tertiary/aromatic N) is 6. The quantitative estimate of drug-likeness (QED) is 0.0219. The minimum absolute atomic E-state index is 0.0678. The first-order chi connectivity index (χ1) is 50.4. The van der Waals surface area contributed by atoms with E-state index in [9.17, 15) is 24.0 Å². The van der Waals surface area contributed by atoms with E-state index in [0.29, 0.717) is 114 Å². The number of alkyl halides is 3. The molecule has 0 radical (unpaired) electrons. The molecular weight excluding hydrogens is 1560 g/mol. The Bertz CT molecular complexity index is 3990. The summed E-state index contributed by atoms with van der Waals surface area (Å²) in [6, 6.07) is 27.8. The fraction of sp³-hybridized carbons (Fsp3) is 0.481. The molecule has 5 aromatic rings. The maximum absolute atomic E-state index is 14.1. The molecule has 0 fully saturated rings. The monoisotopic (exact) mass is 1660 g/mol. The number of methoxy groups -OCH3 is 3. The average Bonchev–Trinajstić information content (AvgIpc) is 1.63. The summed E-state index contributed by atoms with van der Waals surface area (Å²) < 4.78 is 46.9. The van der Waals surface area contributed by atoms with E-state index in [0.717, 1.165) is 126 Å². The number of hydrogen-bond donors (Lipinski definition) is 0. The van der Waals surface area contributed by atoms with Gasteiger partial charge in [-0.25, -0.2) is 0 Å². The maximum Gasteiger partial charge on any atom is 0.260 e. The normalized spacial score (nSPS) is 17.3. The number of amides is 5. The summed E-state index contributed by atoms with van der Waals surface area (Å²) in [6.07, 6.45) is 18.4. The van der Waals surface area contributed by atoms with Crippen molar-refractivity contribution in [2.45, 2.75) is 167 Å². The van der Waals surface area contributed by atoms with Crippen molar-refractivity contribution in [3.8, 4) is 34.5 Å². The molecule has 0 aromatic heterocycles. The second-order valence-electron chi connectivity index (χ2n) is 29.7. The van der Waals surface area contributed by atoms with Gasteiger partial charge in [-0.1, -0.05) is 152 Å². The first-order valence-electron chi connectivity index (χ1n) is 36.6. The molecular formula is C81H105Br3N6O13Si2. The topological polar surface area (TPSA) is 188 Å². The lowest BCUT2D eigenvalue weighted by atomic mass is 10.0. The summed E-state index contributed by atoms with van der Waals surface area (Å²) in [5.41, 5.74) is 10.6. The predicted octanol–water partition coefficient (Wildman–Crippen LogP) is 18.2.